The zero-order valence-corrected chi connectivity index (χ0v) is 18.3. The van der Waals surface area contributed by atoms with E-state index in [9.17, 15) is 9.59 Å². The Morgan fingerprint density at radius 3 is 2.77 bits per heavy atom. The number of carbonyl (C=O) groups excluding carboxylic acids is 2. The SMILES string of the molecule is CC(=O)NC1CCCC(C(=O)Nc2cc(-c3cnn4c3CC(C)(C)C4)c(C)cn2)C1. The summed E-state index contributed by atoms with van der Waals surface area (Å²) in [6, 6.07) is 2.04. The highest BCUT2D eigenvalue weighted by Crippen LogP contribution is 2.38. The van der Waals surface area contributed by atoms with E-state index in [4.69, 9.17) is 0 Å². The van der Waals surface area contributed by atoms with Crippen molar-refractivity contribution in [1.82, 2.24) is 20.1 Å². The second-order valence-corrected chi connectivity index (χ2v) is 9.64. The minimum Gasteiger partial charge on any atom is -0.354 e. The molecule has 160 valence electrons. The lowest BCUT2D eigenvalue weighted by Crippen LogP contribution is -2.40. The highest BCUT2D eigenvalue weighted by Gasteiger charge is 2.32. The van der Waals surface area contributed by atoms with Gasteiger partial charge in [0.25, 0.3) is 0 Å². The van der Waals surface area contributed by atoms with Gasteiger partial charge in [-0.3, -0.25) is 14.3 Å². The Morgan fingerprint density at radius 2 is 2.00 bits per heavy atom. The predicted molar refractivity (Wildman–Crippen MR) is 116 cm³/mol. The Kier molecular flexibility index (Phi) is 5.38. The van der Waals surface area contributed by atoms with Gasteiger partial charge in [-0.15, -0.1) is 0 Å². The van der Waals surface area contributed by atoms with Crippen LogP contribution >= 0.6 is 0 Å². The van der Waals surface area contributed by atoms with Crippen molar-refractivity contribution >= 4 is 17.6 Å². The van der Waals surface area contributed by atoms with Crippen molar-refractivity contribution in [2.24, 2.45) is 11.3 Å². The van der Waals surface area contributed by atoms with Crippen LogP contribution in [0.25, 0.3) is 11.1 Å². The van der Waals surface area contributed by atoms with Crippen molar-refractivity contribution in [2.75, 3.05) is 5.32 Å². The Hall–Kier alpha value is -2.70. The molecule has 0 spiro atoms. The number of pyridine rings is 1. The van der Waals surface area contributed by atoms with Gasteiger partial charge in [-0.1, -0.05) is 20.3 Å². The van der Waals surface area contributed by atoms with Crippen LogP contribution in [0.15, 0.2) is 18.5 Å². The highest BCUT2D eigenvalue weighted by molar-refractivity contribution is 5.92. The molecule has 7 nitrogen and oxygen atoms in total. The van der Waals surface area contributed by atoms with E-state index in [0.717, 1.165) is 48.9 Å². The Balaban J connectivity index is 1.51. The number of rotatable bonds is 4. The zero-order valence-electron chi connectivity index (χ0n) is 18.3. The third kappa shape index (κ3) is 4.25. The van der Waals surface area contributed by atoms with E-state index in [1.54, 1.807) is 0 Å². The fourth-order valence-electron chi connectivity index (χ4n) is 4.83. The number of aromatic nitrogens is 3. The number of nitrogens with zero attached hydrogens (tertiary/aromatic N) is 3. The molecular formula is C23H31N5O2. The van der Waals surface area contributed by atoms with E-state index in [1.807, 2.05) is 25.4 Å². The average Bonchev–Trinajstić information content (AvgIpc) is 3.18. The van der Waals surface area contributed by atoms with Crippen LogP contribution in [0.5, 0.6) is 0 Å². The quantitative estimate of drug-likeness (QED) is 0.809. The lowest BCUT2D eigenvalue weighted by Gasteiger charge is -2.28. The monoisotopic (exact) mass is 409 g/mol. The van der Waals surface area contributed by atoms with Crippen LogP contribution in [0.2, 0.25) is 0 Å². The molecule has 2 unspecified atom stereocenters. The molecule has 0 radical (unpaired) electrons. The van der Waals surface area contributed by atoms with Gasteiger partial charge >= 0.3 is 0 Å². The largest absolute Gasteiger partial charge is 0.354 e. The lowest BCUT2D eigenvalue weighted by atomic mass is 9.85. The second-order valence-electron chi connectivity index (χ2n) is 9.64. The summed E-state index contributed by atoms with van der Waals surface area (Å²) >= 11 is 0. The van der Waals surface area contributed by atoms with Crippen LogP contribution in [0.1, 0.15) is 57.7 Å². The molecule has 2 amide bonds. The minimum atomic E-state index is -0.108. The molecule has 2 N–H and O–H groups in total. The van der Waals surface area contributed by atoms with Crippen molar-refractivity contribution in [3.8, 4) is 11.1 Å². The standard InChI is InChI=1S/C23H31N5O2/c1-14-11-24-21(27-22(30)16-6-5-7-17(8-16)26-15(2)29)9-18(14)19-12-25-28-13-23(3,4)10-20(19)28/h9,11-12,16-17H,5-8,10,13H2,1-4H3,(H,26,29)(H,24,27,30). The molecule has 2 aromatic heterocycles. The summed E-state index contributed by atoms with van der Waals surface area (Å²) in [4.78, 5) is 28.7. The van der Waals surface area contributed by atoms with Crippen molar-refractivity contribution < 1.29 is 9.59 Å². The second kappa shape index (κ2) is 7.85. The van der Waals surface area contributed by atoms with Gasteiger partial charge in [0, 0.05) is 42.9 Å². The molecule has 3 heterocycles. The zero-order chi connectivity index (χ0) is 21.5. The Bertz CT molecular complexity index is 978. The van der Waals surface area contributed by atoms with Crippen LogP contribution in [-0.4, -0.2) is 32.6 Å². The molecule has 0 saturated heterocycles. The van der Waals surface area contributed by atoms with E-state index in [2.05, 4.69) is 39.2 Å². The summed E-state index contributed by atoms with van der Waals surface area (Å²) in [6.07, 6.45) is 8.11. The molecule has 2 aliphatic rings. The fraction of sp³-hybridized carbons (Fsp3) is 0.565. The van der Waals surface area contributed by atoms with E-state index in [1.165, 1.54) is 12.6 Å². The molecule has 1 aliphatic carbocycles. The molecule has 1 aliphatic heterocycles. The van der Waals surface area contributed by atoms with Gasteiger partial charge in [0.05, 0.1) is 6.20 Å². The Morgan fingerprint density at radius 1 is 1.20 bits per heavy atom. The topological polar surface area (TPSA) is 88.9 Å². The molecule has 0 aromatic carbocycles. The average molecular weight is 410 g/mol. The Labute approximate surface area is 177 Å². The number of aryl methyl sites for hydroxylation is 1. The maximum Gasteiger partial charge on any atom is 0.228 e. The first-order chi connectivity index (χ1) is 14.2. The number of hydrogen-bond acceptors (Lipinski definition) is 4. The molecule has 2 atom stereocenters. The van der Waals surface area contributed by atoms with Gasteiger partial charge in [-0.25, -0.2) is 4.98 Å². The van der Waals surface area contributed by atoms with Gasteiger partial charge in [0.15, 0.2) is 0 Å². The first-order valence-electron chi connectivity index (χ1n) is 10.8. The van der Waals surface area contributed by atoms with Crippen molar-refractivity contribution in [2.45, 2.75) is 72.4 Å². The van der Waals surface area contributed by atoms with Crippen molar-refractivity contribution in [3.05, 3.63) is 29.7 Å². The molecule has 1 fully saturated rings. The summed E-state index contributed by atoms with van der Waals surface area (Å²) < 4.78 is 2.09. The van der Waals surface area contributed by atoms with Crippen LogP contribution in [0.4, 0.5) is 5.82 Å². The molecule has 2 aromatic rings. The molecule has 30 heavy (non-hydrogen) atoms. The number of carbonyl (C=O) groups is 2. The number of anilines is 1. The number of amides is 2. The summed E-state index contributed by atoms with van der Waals surface area (Å²) in [6.45, 7) is 9.00. The number of fused-ring (bicyclic) bond motifs is 1. The third-order valence-electron chi connectivity index (χ3n) is 6.27. The predicted octanol–water partition coefficient (Wildman–Crippen LogP) is 3.47. The first-order valence-corrected chi connectivity index (χ1v) is 10.8. The fourth-order valence-corrected chi connectivity index (χ4v) is 4.83. The van der Waals surface area contributed by atoms with Crippen LogP contribution in [0, 0.1) is 18.3 Å². The molecule has 0 bridgehead atoms. The maximum atomic E-state index is 12.9. The summed E-state index contributed by atoms with van der Waals surface area (Å²) in [5.41, 5.74) is 4.72. The van der Waals surface area contributed by atoms with Gasteiger partial charge in [-0.05, 0) is 55.2 Å². The third-order valence-corrected chi connectivity index (χ3v) is 6.27. The van der Waals surface area contributed by atoms with E-state index in [0.29, 0.717) is 12.2 Å². The molecule has 1 saturated carbocycles. The van der Waals surface area contributed by atoms with Crippen molar-refractivity contribution in [3.63, 3.8) is 0 Å². The number of hydrogen-bond donors (Lipinski definition) is 2. The first kappa shape index (κ1) is 20.6. The molecule has 7 heteroatoms. The smallest absolute Gasteiger partial charge is 0.228 e. The summed E-state index contributed by atoms with van der Waals surface area (Å²) in [5.74, 6) is 0.402. The minimum absolute atomic E-state index is 0.0197. The van der Waals surface area contributed by atoms with E-state index < -0.39 is 0 Å². The van der Waals surface area contributed by atoms with Gasteiger partial charge < -0.3 is 10.6 Å². The van der Waals surface area contributed by atoms with Crippen LogP contribution in [-0.2, 0) is 22.6 Å². The van der Waals surface area contributed by atoms with E-state index >= 15 is 0 Å². The number of nitrogens with one attached hydrogen (secondary N) is 2. The summed E-state index contributed by atoms with van der Waals surface area (Å²) in [7, 11) is 0. The lowest BCUT2D eigenvalue weighted by molar-refractivity contribution is -0.123. The normalized spacial score (nSPS) is 22.4. The van der Waals surface area contributed by atoms with Crippen molar-refractivity contribution in [1.29, 1.82) is 0 Å². The van der Waals surface area contributed by atoms with Gasteiger partial charge in [0.2, 0.25) is 11.8 Å². The van der Waals surface area contributed by atoms with Crippen LogP contribution in [0.3, 0.4) is 0 Å². The molecule has 4 rings (SSSR count). The molecular weight excluding hydrogens is 378 g/mol. The van der Waals surface area contributed by atoms with Crippen LogP contribution < -0.4 is 10.6 Å². The van der Waals surface area contributed by atoms with E-state index in [-0.39, 0.29) is 29.2 Å². The highest BCUT2D eigenvalue weighted by atomic mass is 16.2. The van der Waals surface area contributed by atoms with Gasteiger partial charge in [-0.2, -0.15) is 5.10 Å². The summed E-state index contributed by atoms with van der Waals surface area (Å²) in [5, 5.41) is 10.5. The van der Waals surface area contributed by atoms with Gasteiger partial charge in [0.1, 0.15) is 5.82 Å². The maximum absolute atomic E-state index is 12.9.